The van der Waals surface area contributed by atoms with Crippen molar-refractivity contribution in [1.82, 2.24) is 14.7 Å². The first-order valence-corrected chi connectivity index (χ1v) is 8.06. The van der Waals surface area contributed by atoms with Gasteiger partial charge in [-0.05, 0) is 31.2 Å². The largest absolute Gasteiger partial charge is 0.341 e. The predicted molar refractivity (Wildman–Crippen MR) is 81.3 cm³/mol. The van der Waals surface area contributed by atoms with Crippen molar-refractivity contribution in [3.63, 3.8) is 0 Å². The molecule has 108 valence electrons. The molecule has 3 rings (SSSR count). The molecule has 3 aromatic rings. The molecule has 0 spiro atoms. The van der Waals surface area contributed by atoms with E-state index in [0.717, 1.165) is 11.0 Å². The molecule has 0 saturated carbocycles. The van der Waals surface area contributed by atoms with Crippen LogP contribution in [0.1, 0.15) is 18.8 Å². The lowest BCUT2D eigenvalue weighted by molar-refractivity contribution is 0.561. The van der Waals surface area contributed by atoms with E-state index in [-0.39, 0.29) is 4.90 Å². The summed E-state index contributed by atoms with van der Waals surface area (Å²) in [6, 6.07) is 15.4. The van der Waals surface area contributed by atoms with Gasteiger partial charge in [0.15, 0.2) is 0 Å². The number of aromatic nitrogens is 2. The van der Waals surface area contributed by atoms with Gasteiger partial charge >= 0.3 is 0 Å². The molecule has 0 bridgehead atoms. The average Bonchev–Trinajstić information content (AvgIpc) is 2.92. The Morgan fingerprint density at radius 3 is 2.43 bits per heavy atom. The van der Waals surface area contributed by atoms with Gasteiger partial charge in [-0.2, -0.15) is 0 Å². The predicted octanol–water partition coefficient (Wildman–Crippen LogP) is 2.60. The third kappa shape index (κ3) is 2.81. The van der Waals surface area contributed by atoms with Gasteiger partial charge in [0.1, 0.15) is 5.82 Å². The van der Waals surface area contributed by atoms with E-state index in [1.807, 2.05) is 24.3 Å². The van der Waals surface area contributed by atoms with Gasteiger partial charge in [0.25, 0.3) is 0 Å². The highest BCUT2D eigenvalue weighted by atomic mass is 32.2. The van der Waals surface area contributed by atoms with Crippen LogP contribution in [0.3, 0.4) is 0 Å². The van der Waals surface area contributed by atoms with Crippen molar-refractivity contribution in [3.05, 3.63) is 60.4 Å². The summed E-state index contributed by atoms with van der Waals surface area (Å²) in [5.74, 6) is 0.593. The smallest absolute Gasteiger partial charge is 0.241 e. The molecule has 0 aliphatic heterocycles. The molecule has 1 atom stereocenters. The second-order valence-corrected chi connectivity index (χ2v) is 6.51. The Labute approximate surface area is 123 Å². The molecule has 1 heterocycles. The van der Waals surface area contributed by atoms with Gasteiger partial charge in [0, 0.05) is 0 Å². The molecule has 0 fully saturated rings. The molecule has 1 aromatic heterocycles. The second kappa shape index (κ2) is 5.31. The molecule has 1 unspecified atom stereocenters. The molecule has 0 radical (unpaired) electrons. The number of benzene rings is 2. The highest BCUT2D eigenvalue weighted by Gasteiger charge is 2.20. The summed E-state index contributed by atoms with van der Waals surface area (Å²) in [5, 5.41) is 0. The van der Waals surface area contributed by atoms with E-state index in [4.69, 9.17) is 0 Å². The van der Waals surface area contributed by atoms with E-state index in [2.05, 4.69) is 14.7 Å². The van der Waals surface area contributed by atoms with Crippen LogP contribution in [0.5, 0.6) is 0 Å². The Hall–Kier alpha value is -2.18. The van der Waals surface area contributed by atoms with Crippen LogP contribution in [0.25, 0.3) is 11.0 Å². The Morgan fingerprint density at radius 1 is 1.05 bits per heavy atom. The van der Waals surface area contributed by atoms with Gasteiger partial charge in [0.05, 0.1) is 22.0 Å². The van der Waals surface area contributed by atoms with Crippen LogP contribution in [0.2, 0.25) is 0 Å². The maximum Gasteiger partial charge on any atom is 0.241 e. The highest BCUT2D eigenvalue weighted by molar-refractivity contribution is 7.89. The van der Waals surface area contributed by atoms with Gasteiger partial charge in [0.2, 0.25) is 10.0 Å². The van der Waals surface area contributed by atoms with Crippen LogP contribution in [-0.4, -0.2) is 18.4 Å². The lowest BCUT2D eigenvalue weighted by Gasteiger charge is -2.11. The van der Waals surface area contributed by atoms with E-state index in [9.17, 15) is 8.42 Å². The normalized spacial score (nSPS) is 13.4. The second-order valence-electron chi connectivity index (χ2n) is 4.80. The molecular formula is C15H15N3O2S. The number of sulfonamides is 1. The van der Waals surface area contributed by atoms with Crippen molar-refractivity contribution < 1.29 is 8.42 Å². The quantitative estimate of drug-likeness (QED) is 0.778. The standard InChI is InChI=1S/C15H15N3O2S/c1-11(15-16-13-9-5-6-10-14(13)17-15)18-21(19,20)12-7-3-2-4-8-12/h2-11,18H,1H3,(H,16,17). The zero-order chi connectivity index (χ0) is 14.9. The summed E-state index contributed by atoms with van der Waals surface area (Å²) in [6.07, 6.45) is 0. The number of aromatic amines is 1. The van der Waals surface area contributed by atoms with E-state index >= 15 is 0 Å². The van der Waals surface area contributed by atoms with Crippen molar-refractivity contribution in [3.8, 4) is 0 Å². The Kier molecular flexibility index (Phi) is 3.48. The van der Waals surface area contributed by atoms with Crippen LogP contribution >= 0.6 is 0 Å². The first-order chi connectivity index (χ1) is 10.1. The summed E-state index contributed by atoms with van der Waals surface area (Å²) in [4.78, 5) is 7.78. The van der Waals surface area contributed by atoms with Crippen LogP contribution in [0, 0.1) is 0 Å². The first-order valence-electron chi connectivity index (χ1n) is 6.58. The minimum absolute atomic E-state index is 0.243. The molecular weight excluding hydrogens is 286 g/mol. The number of hydrogen-bond acceptors (Lipinski definition) is 3. The Balaban J connectivity index is 1.87. The topological polar surface area (TPSA) is 74.8 Å². The van der Waals surface area contributed by atoms with Crippen molar-refractivity contribution in [2.45, 2.75) is 17.9 Å². The lowest BCUT2D eigenvalue weighted by Crippen LogP contribution is -2.27. The van der Waals surface area contributed by atoms with Crippen molar-refractivity contribution in [2.75, 3.05) is 0 Å². The van der Waals surface area contributed by atoms with E-state index in [1.165, 1.54) is 0 Å². The molecule has 0 saturated heterocycles. The van der Waals surface area contributed by atoms with Crippen molar-refractivity contribution in [1.29, 1.82) is 0 Å². The molecule has 6 heteroatoms. The Morgan fingerprint density at radius 2 is 1.71 bits per heavy atom. The summed E-state index contributed by atoms with van der Waals surface area (Å²) >= 11 is 0. The number of H-pyrrole nitrogens is 1. The molecule has 2 aromatic carbocycles. The number of imidazole rings is 1. The van der Waals surface area contributed by atoms with Crippen LogP contribution in [-0.2, 0) is 10.0 Å². The Bertz CT molecular complexity index is 824. The van der Waals surface area contributed by atoms with Gasteiger partial charge in [-0.25, -0.2) is 18.1 Å². The summed E-state index contributed by atoms with van der Waals surface area (Å²) in [6.45, 7) is 1.76. The third-order valence-corrected chi connectivity index (χ3v) is 4.76. The van der Waals surface area contributed by atoms with Gasteiger partial charge in [-0.1, -0.05) is 30.3 Å². The fraction of sp³-hybridized carbons (Fsp3) is 0.133. The summed E-state index contributed by atoms with van der Waals surface area (Å²) in [7, 11) is -3.56. The monoisotopic (exact) mass is 301 g/mol. The van der Waals surface area contributed by atoms with E-state index in [0.29, 0.717) is 5.82 Å². The lowest BCUT2D eigenvalue weighted by atomic mass is 10.3. The van der Waals surface area contributed by atoms with Crippen molar-refractivity contribution >= 4 is 21.1 Å². The first kappa shape index (κ1) is 13.8. The van der Waals surface area contributed by atoms with Crippen molar-refractivity contribution in [2.24, 2.45) is 0 Å². The maximum atomic E-state index is 12.3. The highest BCUT2D eigenvalue weighted by Crippen LogP contribution is 2.18. The van der Waals surface area contributed by atoms with Gasteiger partial charge in [-0.3, -0.25) is 0 Å². The zero-order valence-corrected chi connectivity index (χ0v) is 12.3. The van der Waals surface area contributed by atoms with Crippen LogP contribution in [0.15, 0.2) is 59.5 Å². The number of para-hydroxylation sites is 2. The molecule has 0 amide bonds. The average molecular weight is 301 g/mol. The van der Waals surface area contributed by atoms with E-state index < -0.39 is 16.1 Å². The number of nitrogens with zero attached hydrogens (tertiary/aromatic N) is 1. The zero-order valence-electron chi connectivity index (χ0n) is 11.4. The molecule has 5 nitrogen and oxygen atoms in total. The number of rotatable bonds is 4. The summed E-state index contributed by atoms with van der Waals surface area (Å²) < 4.78 is 27.2. The number of hydrogen-bond donors (Lipinski definition) is 2. The minimum atomic E-state index is -3.56. The third-order valence-electron chi connectivity index (χ3n) is 3.20. The van der Waals surface area contributed by atoms with Gasteiger partial charge in [-0.15, -0.1) is 0 Å². The molecule has 21 heavy (non-hydrogen) atoms. The minimum Gasteiger partial charge on any atom is -0.341 e. The molecule has 0 aliphatic carbocycles. The molecule has 0 aliphatic rings. The fourth-order valence-corrected chi connectivity index (χ4v) is 3.36. The number of fused-ring (bicyclic) bond motifs is 1. The van der Waals surface area contributed by atoms with E-state index in [1.54, 1.807) is 37.3 Å². The van der Waals surface area contributed by atoms with Crippen LogP contribution < -0.4 is 4.72 Å². The maximum absolute atomic E-state index is 12.3. The number of nitrogens with one attached hydrogen (secondary N) is 2. The van der Waals surface area contributed by atoms with Gasteiger partial charge < -0.3 is 4.98 Å². The van der Waals surface area contributed by atoms with Crippen LogP contribution in [0.4, 0.5) is 0 Å². The summed E-state index contributed by atoms with van der Waals surface area (Å²) in [5.41, 5.74) is 1.71. The fourth-order valence-electron chi connectivity index (χ4n) is 2.13. The molecule has 2 N–H and O–H groups in total. The SMILES string of the molecule is CC(NS(=O)(=O)c1ccccc1)c1nc2ccccc2[nH]1.